The Morgan fingerprint density at radius 1 is 1.21 bits per heavy atom. The number of nitrogens with zero attached hydrogens (tertiary/aromatic N) is 2. The van der Waals surface area contributed by atoms with Crippen molar-refractivity contribution in [2.45, 2.75) is 25.3 Å². The zero-order valence-electron chi connectivity index (χ0n) is 15.7. The molecule has 1 aliphatic heterocycles. The van der Waals surface area contributed by atoms with Crippen LogP contribution in [0.15, 0.2) is 48.5 Å². The van der Waals surface area contributed by atoms with Gasteiger partial charge in [0.2, 0.25) is 5.91 Å². The number of nitrogens with two attached hydrogens (primary N) is 1. The lowest BCUT2D eigenvalue weighted by Gasteiger charge is -2.16. The van der Waals surface area contributed by atoms with Crippen molar-refractivity contribution < 1.29 is 9.72 Å². The highest BCUT2D eigenvalue weighted by molar-refractivity contribution is 5.92. The normalized spacial score (nSPS) is 19.1. The predicted octanol–water partition coefficient (Wildman–Crippen LogP) is 3.08. The summed E-state index contributed by atoms with van der Waals surface area (Å²) in [5, 5.41) is 13.8. The number of hydrogen-bond acceptors (Lipinski definition) is 5. The molecule has 8 heteroatoms. The molecule has 0 aliphatic carbocycles. The largest absolute Gasteiger partial charge is 0.326 e. The third-order valence-electron chi connectivity index (χ3n) is 5.10. The molecule has 1 fully saturated rings. The van der Waals surface area contributed by atoms with E-state index in [1.54, 1.807) is 19.1 Å². The van der Waals surface area contributed by atoms with E-state index in [1.165, 1.54) is 11.6 Å². The van der Waals surface area contributed by atoms with Gasteiger partial charge in [-0.25, -0.2) is 0 Å². The molecule has 0 radical (unpaired) electrons. The summed E-state index contributed by atoms with van der Waals surface area (Å²) < 4.78 is 0. The van der Waals surface area contributed by atoms with Crippen LogP contribution in [0.5, 0.6) is 0 Å². The first-order valence-corrected chi connectivity index (χ1v) is 9.02. The maximum absolute atomic E-state index is 12.3. The molecule has 7 nitrogen and oxygen atoms in total. The summed E-state index contributed by atoms with van der Waals surface area (Å²) in [6, 6.07) is 14.9. The number of carbonyl (C=O) groups excluding carboxylic acids is 1. The maximum Gasteiger partial charge on any atom is 0.274 e. The number of halogens is 1. The van der Waals surface area contributed by atoms with E-state index >= 15 is 0 Å². The van der Waals surface area contributed by atoms with Gasteiger partial charge in [-0.1, -0.05) is 36.4 Å². The lowest BCUT2D eigenvalue weighted by molar-refractivity contribution is -0.385. The Morgan fingerprint density at radius 3 is 2.61 bits per heavy atom. The smallest absolute Gasteiger partial charge is 0.274 e. The van der Waals surface area contributed by atoms with Gasteiger partial charge in [-0.2, -0.15) is 0 Å². The number of benzene rings is 2. The molecule has 1 amide bonds. The van der Waals surface area contributed by atoms with Crippen molar-refractivity contribution in [2.24, 2.45) is 5.73 Å². The molecule has 2 aromatic rings. The number of nitrogens with one attached hydrogen (secondary N) is 1. The molecule has 150 valence electrons. The van der Waals surface area contributed by atoms with E-state index in [-0.39, 0.29) is 36.0 Å². The van der Waals surface area contributed by atoms with Crippen LogP contribution in [0.1, 0.15) is 23.5 Å². The van der Waals surface area contributed by atoms with E-state index in [0.717, 1.165) is 13.1 Å². The molecular formula is C20H25ClN4O3. The monoisotopic (exact) mass is 404 g/mol. The minimum atomic E-state index is -0.444. The molecule has 1 aliphatic rings. The van der Waals surface area contributed by atoms with Gasteiger partial charge in [-0.15, -0.1) is 12.4 Å². The Bertz CT molecular complexity index is 831. The molecule has 0 aromatic heterocycles. The lowest BCUT2D eigenvalue weighted by Crippen LogP contribution is -2.30. The zero-order valence-corrected chi connectivity index (χ0v) is 16.5. The second-order valence-electron chi connectivity index (χ2n) is 6.95. The number of rotatable bonds is 6. The van der Waals surface area contributed by atoms with Gasteiger partial charge in [0, 0.05) is 44.1 Å². The van der Waals surface area contributed by atoms with Crippen LogP contribution in [0.4, 0.5) is 11.4 Å². The summed E-state index contributed by atoms with van der Waals surface area (Å²) in [7, 11) is 0. The predicted molar refractivity (Wildman–Crippen MR) is 112 cm³/mol. The molecule has 28 heavy (non-hydrogen) atoms. The molecule has 0 spiro atoms. The fourth-order valence-corrected chi connectivity index (χ4v) is 3.58. The Hall–Kier alpha value is -2.48. The van der Waals surface area contributed by atoms with Gasteiger partial charge in [-0.05, 0) is 18.6 Å². The van der Waals surface area contributed by atoms with Crippen LogP contribution in [0.25, 0.3) is 0 Å². The molecule has 1 saturated heterocycles. The van der Waals surface area contributed by atoms with E-state index < -0.39 is 4.92 Å². The van der Waals surface area contributed by atoms with Gasteiger partial charge in [0.1, 0.15) is 0 Å². The molecule has 1 heterocycles. The van der Waals surface area contributed by atoms with Crippen LogP contribution in [0.3, 0.4) is 0 Å². The molecule has 2 aromatic carbocycles. The first-order valence-electron chi connectivity index (χ1n) is 9.02. The van der Waals surface area contributed by atoms with Gasteiger partial charge in [-0.3, -0.25) is 14.9 Å². The van der Waals surface area contributed by atoms with Crippen LogP contribution < -0.4 is 11.1 Å². The highest BCUT2D eigenvalue weighted by Crippen LogP contribution is 2.27. The first kappa shape index (κ1) is 21.8. The topological polar surface area (TPSA) is 102 Å². The highest BCUT2D eigenvalue weighted by Gasteiger charge is 2.31. The van der Waals surface area contributed by atoms with Gasteiger partial charge in [0.15, 0.2) is 0 Å². The Morgan fingerprint density at radius 2 is 1.93 bits per heavy atom. The summed E-state index contributed by atoms with van der Waals surface area (Å²) in [4.78, 5) is 25.1. The van der Waals surface area contributed by atoms with Crippen LogP contribution in [-0.4, -0.2) is 41.4 Å². The van der Waals surface area contributed by atoms with Gasteiger partial charge in [0.05, 0.1) is 16.2 Å². The SMILES string of the molecule is Cc1c(NC(=O)CCN2C[C@@H](N)[C@H](c3ccccc3)C2)cccc1[N+](=O)[O-].Cl. The summed E-state index contributed by atoms with van der Waals surface area (Å²) >= 11 is 0. The molecule has 0 unspecified atom stereocenters. The van der Waals surface area contributed by atoms with E-state index in [9.17, 15) is 14.9 Å². The van der Waals surface area contributed by atoms with Gasteiger partial charge in [0.25, 0.3) is 5.69 Å². The zero-order chi connectivity index (χ0) is 19.4. The first-order chi connectivity index (χ1) is 13.0. The number of likely N-dealkylation sites (tertiary alicyclic amines) is 1. The number of amides is 1. The third kappa shape index (κ3) is 5.07. The molecule has 0 saturated carbocycles. The fraction of sp³-hybridized carbons (Fsp3) is 0.350. The molecule has 3 rings (SSSR count). The summed E-state index contributed by atoms with van der Waals surface area (Å²) in [6.45, 7) is 3.82. The van der Waals surface area contributed by atoms with Crippen molar-refractivity contribution in [2.75, 3.05) is 25.0 Å². The fourth-order valence-electron chi connectivity index (χ4n) is 3.58. The Kier molecular flexibility index (Phi) is 7.51. The van der Waals surface area contributed by atoms with Crippen molar-refractivity contribution in [3.05, 3.63) is 69.8 Å². The number of hydrogen-bond donors (Lipinski definition) is 2. The number of nitro benzene ring substituents is 1. The van der Waals surface area contributed by atoms with Crippen LogP contribution in [0.2, 0.25) is 0 Å². The summed E-state index contributed by atoms with van der Waals surface area (Å²) in [5.41, 5.74) is 8.46. The van der Waals surface area contributed by atoms with Crippen LogP contribution >= 0.6 is 12.4 Å². The molecular weight excluding hydrogens is 380 g/mol. The second kappa shape index (κ2) is 9.64. The minimum Gasteiger partial charge on any atom is -0.326 e. The molecule has 0 bridgehead atoms. The second-order valence-corrected chi connectivity index (χ2v) is 6.95. The van der Waals surface area contributed by atoms with Crippen molar-refractivity contribution in [1.82, 2.24) is 4.90 Å². The van der Waals surface area contributed by atoms with Gasteiger partial charge < -0.3 is 16.0 Å². The maximum atomic E-state index is 12.3. The molecule has 2 atom stereocenters. The van der Waals surface area contributed by atoms with Crippen molar-refractivity contribution in [3.8, 4) is 0 Å². The number of anilines is 1. The summed E-state index contributed by atoms with van der Waals surface area (Å²) in [6.07, 6.45) is 0.316. The average molecular weight is 405 g/mol. The third-order valence-corrected chi connectivity index (χ3v) is 5.10. The van der Waals surface area contributed by atoms with E-state index in [4.69, 9.17) is 5.73 Å². The van der Waals surface area contributed by atoms with Crippen molar-refractivity contribution >= 4 is 29.7 Å². The van der Waals surface area contributed by atoms with Gasteiger partial charge >= 0.3 is 0 Å². The van der Waals surface area contributed by atoms with Crippen LogP contribution in [-0.2, 0) is 4.79 Å². The van der Waals surface area contributed by atoms with Crippen molar-refractivity contribution in [1.29, 1.82) is 0 Å². The lowest BCUT2D eigenvalue weighted by atomic mass is 9.95. The van der Waals surface area contributed by atoms with E-state index in [2.05, 4.69) is 22.3 Å². The van der Waals surface area contributed by atoms with Crippen LogP contribution in [0, 0.1) is 17.0 Å². The number of nitro groups is 1. The van der Waals surface area contributed by atoms with E-state index in [0.29, 0.717) is 24.2 Å². The summed E-state index contributed by atoms with van der Waals surface area (Å²) in [5.74, 6) is 0.114. The van der Waals surface area contributed by atoms with E-state index in [1.807, 2.05) is 18.2 Å². The standard InChI is InChI=1S/C20H24N4O3.ClH/c1-14-18(8-5-9-19(14)24(26)27)22-20(25)10-11-23-12-16(17(21)13-23)15-6-3-2-4-7-15;/h2-9,16-17H,10-13,21H2,1H3,(H,22,25);1H/t16-,17+;/m0./s1. The Balaban J connectivity index is 0.00000280. The quantitative estimate of drug-likeness (QED) is 0.569. The minimum absolute atomic E-state index is 0. The Labute approximate surface area is 170 Å². The number of carbonyl (C=O) groups is 1. The molecule has 3 N–H and O–H groups in total. The average Bonchev–Trinajstić information content (AvgIpc) is 3.03. The van der Waals surface area contributed by atoms with Crippen molar-refractivity contribution in [3.63, 3.8) is 0 Å². The highest BCUT2D eigenvalue weighted by atomic mass is 35.5.